The van der Waals surface area contributed by atoms with Gasteiger partial charge in [-0.05, 0) is 31.0 Å². The Morgan fingerprint density at radius 2 is 2.38 bits per heavy atom. The molecule has 1 atom stereocenters. The van der Waals surface area contributed by atoms with Gasteiger partial charge in [-0.3, -0.25) is 0 Å². The largest absolute Gasteiger partial charge is 0.394 e. The Bertz CT molecular complexity index is 340. The summed E-state index contributed by atoms with van der Waals surface area (Å²) in [7, 11) is 0. The van der Waals surface area contributed by atoms with Crippen LogP contribution >= 0.6 is 15.9 Å². The highest BCUT2D eigenvalue weighted by atomic mass is 79.9. The first kappa shape index (κ1) is 9.03. The molecule has 1 unspecified atom stereocenters. The van der Waals surface area contributed by atoms with E-state index in [1.54, 1.807) is 0 Å². The minimum absolute atomic E-state index is 0.166. The summed E-state index contributed by atoms with van der Waals surface area (Å²) in [5.41, 5.74) is 2.23. The highest BCUT2D eigenvalue weighted by Gasteiger charge is 2.31. The van der Waals surface area contributed by atoms with E-state index < -0.39 is 0 Å². The summed E-state index contributed by atoms with van der Waals surface area (Å²) >= 11 is 3.42. The number of hydrogen-bond acceptors (Lipinski definition) is 2. The van der Waals surface area contributed by atoms with E-state index >= 15 is 0 Å². The third kappa shape index (κ3) is 1.58. The van der Waals surface area contributed by atoms with Gasteiger partial charge in [0.15, 0.2) is 0 Å². The number of aliphatic hydroxyl groups is 1. The van der Waals surface area contributed by atoms with Crippen molar-refractivity contribution in [2.75, 3.05) is 11.9 Å². The Morgan fingerprint density at radius 1 is 1.62 bits per heavy atom. The molecule has 2 nitrogen and oxygen atoms in total. The summed E-state index contributed by atoms with van der Waals surface area (Å²) in [6, 6.07) is 6.17. The minimum atomic E-state index is -0.177. The fourth-order valence-corrected chi connectivity index (χ4v) is 2.07. The lowest BCUT2D eigenvalue weighted by atomic mass is 9.99. The van der Waals surface area contributed by atoms with Crippen molar-refractivity contribution in [3.05, 3.63) is 28.2 Å². The summed E-state index contributed by atoms with van der Waals surface area (Å²) in [5, 5.41) is 12.5. The molecule has 0 aliphatic carbocycles. The van der Waals surface area contributed by atoms with E-state index in [0.29, 0.717) is 0 Å². The molecule has 0 spiro atoms. The second-order valence-electron chi connectivity index (χ2n) is 3.82. The summed E-state index contributed by atoms with van der Waals surface area (Å²) < 4.78 is 1.07. The van der Waals surface area contributed by atoms with Crippen LogP contribution in [-0.4, -0.2) is 17.3 Å². The molecule has 1 aliphatic heterocycles. The van der Waals surface area contributed by atoms with Crippen LogP contribution in [0.1, 0.15) is 12.5 Å². The third-order valence-electron chi connectivity index (χ3n) is 2.44. The van der Waals surface area contributed by atoms with Gasteiger partial charge in [0, 0.05) is 10.2 Å². The Morgan fingerprint density at radius 3 is 3.08 bits per heavy atom. The second kappa shape index (κ2) is 3.00. The van der Waals surface area contributed by atoms with Crippen molar-refractivity contribution in [2.24, 2.45) is 0 Å². The van der Waals surface area contributed by atoms with Crippen LogP contribution in [0.3, 0.4) is 0 Å². The van der Waals surface area contributed by atoms with Gasteiger partial charge in [0.05, 0.1) is 12.1 Å². The topological polar surface area (TPSA) is 32.3 Å². The van der Waals surface area contributed by atoms with Gasteiger partial charge in [0.1, 0.15) is 0 Å². The van der Waals surface area contributed by atoms with Crippen LogP contribution in [-0.2, 0) is 6.42 Å². The van der Waals surface area contributed by atoms with Crippen molar-refractivity contribution >= 4 is 21.6 Å². The first-order valence-corrected chi connectivity index (χ1v) is 5.10. The SMILES string of the molecule is CC1(CO)Cc2ccc(Br)cc2N1. The maximum absolute atomic E-state index is 9.19. The molecular weight excluding hydrogens is 230 g/mol. The van der Waals surface area contributed by atoms with Crippen LogP contribution < -0.4 is 5.32 Å². The summed E-state index contributed by atoms with van der Waals surface area (Å²) in [6.45, 7) is 2.19. The smallest absolute Gasteiger partial charge is 0.0662 e. The van der Waals surface area contributed by atoms with Gasteiger partial charge >= 0.3 is 0 Å². The van der Waals surface area contributed by atoms with Gasteiger partial charge in [-0.1, -0.05) is 22.0 Å². The lowest BCUT2D eigenvalue weighted by Crippen LogP contribution is -2.36. The van der Waals surface area contributed by atoms with Gasteiger partial charge in [-0.2, -0.15) is 0 Å². The van der Waals surface area contributed by atoms with Gasteiger partial charge in [0.2, 0.25) is 0 Å². The molecule has 0 bridgehead atoms. The molecule has 70 valence electrons. The van der Waals surface area contributed by atoms with Gasteiger partial charge in [-0.25, -0.2) is 0 Å². The first-order chi connectivity index (χ1) is 6.13. The summed E-state index contributed by atoms with van der Waals surface area (Å²) in [4.78, 5) is 0. The van der Waals surface area contributed by atoms with E-state index in [-0.39, 0.29) is 12.1 Å². The fourth-order valence-electron chi connectivity index (χ4n) is 1.70. The molecule has 0 aromatic heterocycles. The number of benzene rings is 1. The van der Waals surface area contributed by atoms with E-state index in [2.05, 4.69) is 33.4 Å². The quantitative estimate of drug-likeness (QED) is 0.790. The lowest BCUT2D eigenvalue weighted by Gasteiger charge is -2.21. The highest BCUT2D eigenvalue weighted by Crippen LogP contribution is 2.33. The number of fused-ring (bicyclic) bond motifs is 1. The van der Waals surface area contributed by atoms with Crippen molar-refractivity contribution < 1.29 is 5.11 Å². The number of hydrogen-bond donors (Lipinski definition) is 2. The zero-order chi connectivity index (χ0) is 9.47. The minimum Gasteiger partial charge on any atom is -0.394 e. The molecule has 1 aromatic rings. The van der Waals surface area contributed by atoms with E-state index in [0.717, 1.165) is 16.6 Å². The van der Waals surface area contributed by atoms with Crippen molar-refractivity contribution in [3.8, 4) is 0 Å². The van der Waals surface area contributed by atoms with Crippen LogP contribution in [0, 0.1) is 0 Å². The predicted molar refractivity (Wildman–Crippen MR) is 57.0 cm³/mol. The molecule has 3 heteroatoms. The number of anilines is 1. The number of rotatable bonds is 1. The van der Waals surface area contributed by atoms with Crippen LogP contribution in [0.15, 0.2) is 22.7 Å². The fraction of sp³-hybridized carbons (Fsp3) is 0.400. The first-order valence-electron chi connectivity index (χ1n) is 4.30. The van der Waals surface area contributed by atoms with Crippen LogP contribution in [0.4, 0.5) is 5.69 Å². The van der Waals surface area contributed by atoms with Crippen molar-refractivity contribution in [1.29, 1.82) is 0 Å². The molecular formula is C10H12BrNO. The van der Waals surface area contributed by atoms with E-state index in [1.165, 1.54) is 5.56 Å². The molecule has 2 rings (SSSR count). The van der Waals surface area contributed by atoms with Gasteiger partial charge in [0.25, 0.3) is 0 Å². The van der Waals surface area contributed by atoms with Crippen molar-refractivity contribution in [1.82, 2.24) is 0 Å². The predicted octanol–water partition coefficient (Wildman–Crippen LogP) is 2.17. The Labute approximate surface area is 86.1 Å². The second-order valence-corrected chi connectivity index (χ2v) is 4.74. The molecule has 1 aromatic carbocycles. The number of halogens is 1. The Hall–Kier alpha value is -0.540. The van der Waals surface area contributed by atoms with E-state index in [1.807, 2.05) is 13.0 Å². The molecule has 0 fully saturated rings. The molecule has 1 heterocycles. The number of aliphatic hydroxyl groups excluding tert-OH is 1. The Kier molecular flexibility index (Phi) is 2.08. The van der Waals surface area contributed by atoms with E-state index in [9.17, 15) is 5.11 Å². The Balaban J connectivity index is 2.35. The molecule has 0 radical (unpaired) electrons. The highest BCUT2D eigenvalue weighted by molar-refractivity contribution is 9.10. The van der Waals surface area contributed by atoms with Crippen LogP contribution in [0.5, 0.6) is 0 Å². The maximum Gasteiger partial charge on any atom is 0.0662 e. The molecule has 0 amide bonds. The molecule has 13 heavy (non-hydrogen) atoms. The zero-order valence-corrected chi connectivity index (χ0v) is 9.06. The normalized spacial score (nSPS) is 25.5. The van der Waals surface area contributed by atoms with Crippen LogP contribution in [0.25, 0.3) is 0 Å². The standard InChI is InChI=1S/C10H12BrNO/c1-10(6-13)5-7-2-3-8(11)4-9(7)12-10/h2-4,12-13H,5-6H2,1H3. The van der Waals surface area contributed by atoms with Gasteiger partial charge in [-0.15, -0.1) is 0 Å². The summed E-state index contributed by atoms with van der Waals surface area (Å²) in [6.07, 6.45) is 0.895. The van der Waals surface area contributed by atoms with Crippen molar-refractivity contribution in [2.45, 2.75) is 18.9 Å². The molecule has 0 saturated heterocycles. The third-order valence-corrected chi connectivity index (χ3v) is 2.93. The molecule has 0 saturated carbocycles. The van der Waals surface area contributed by atoms with Gasteiger partial charge < -0.3 is 10.4 Å². The monoisotopic (exact) mass is 241 g/mol. The average Bonchev–Trinajstić information content (AvgIpc) is 2.42. The number of nitrogens with one attached hydrogen (secondary N) is 1. The zero-order valence-electron chi connectivity index (χ0n) is 7.47. The molecule has 2 N–H and O–H groups in total. The maximum atomic E-state index is 9.19. The lowest BCUT2D eigenvalue weighted by molar-refractivity contribution is 0.227. The average molecular weight is 242 g/mol. The molecule has 1 aliphatic rings. The van der Waals surface area contributed by atoms with Crippen molar-refractivity contribution in [3.63, 3.8) is 0 Å². The van der Waals surface area contributed by atoms with E-state index in [4.69, 9.17) is 0 Å². The van der Waals surface area contributed by atoms with Crippen LogP contribution in [0.2, 0.25) is 0 Å². The summed E-state index contributed by atoms with van der Waals surface area (Å²) in [5.74, 6) is 0.